The van der Waals surface area contributed by atoms with Gasteiger partial charge in [0.2, 0.25) is 10.0 Å². The maximum atomic E-state index is 11.8. The van der Waals surface area contributed by atoms with Gasteiger partial charge in [-0.25, -0.2) is 18.4 Å². The van der Waals surface area contributed by atoms with E-state index in [-0.39, 0.29) is 9.77 Å². The number of rotatable bonds is 2. The van der Waals surface area contributed by atoms with Gasteiger partial charge >= 0.3 is 5.97 Å². The zero-order valence-electron chi connectivity index (χ0n) is 10.1. The Bertz CT molecular complexity index is 537. The molecule has 0 aliphatic heterocycles. The number of ether oxygens (including phenoxy) is 1. The first-order valence-electron chi connectivity index (χ1n) is 4.86. The van der Waals surface area contributed by atoms with E-state index in [9.17, 15) is 13.2 Å². The van der Waals surface area contributed by atoms with Gasteiger partial charge in [0.1, 0.15) is 9.81 Å². The largest absolute Gasteiger partial charge is 0.456 e. The first-order chi connectivity index (χ1) is 7.52. The van der Waals surface area contributed by atoms with Gasteiger partial charge in [0.15, 0.2) is 0 Å². The summed E-state index contributed by atoms with van der Waals surface area (Å²) in [5, 5.41) is 6.48. The van der Waals surface area contributed by atoms with Crippen molar-refractivity contribution in [2.75, 3.05) is 0 Å². The Hall–Kier alpha value is -0.920. The van der Waals surface area contributed by atoms with Gasteiger partial charge in [0, 0.05) is 5.38 Å². The van der Waals surface area contributed by atoms with Gasteiger partial charge in [-0.15, -0.1) is 11.3 Å². The second-order valence-electron chi connectivity index (χ2n) is 4.61. The van der Waals surface area contributed by atoms with E-state index >= 15 is 0 Å². The number of hydrogen-bond donors (Lipinski definition) is 1. The van der Waals surface area contributed by atoms with Gasteiger partial charge in [0.05, 0.1) is 5.56 Å². The molecule has 7 heteroatoms. The molecule has 0 bridgehead atoms. The molecule has 0 aromatic carbocycles. The first kappa shape index (κ1) is 14.1. The van der Waals surface area contributed by atoms with Crippen LogP contribution in [-0.4, -0.2) is 20.0 Å². The maximum absolute atomic E-state index is 11.8. The Morgan fingerprint density at radius 3 is 2.29 bits per heavy atom. The Balaban J connectivity index is 3.11. The molecule has 1 aromatic heterocycles. The molecule has 0 amide bonds. The zero-order chi connectivity index (χ0) is 13.4. The fourth-order valence-electron chi connectivity index (χ4n) is 1.21. The van der Waals surface area contributed by atoms with Crippen LogP contribution in [0.15, 0.2) is 9.59 Å². The molecule has 0 aliphatic carbocycles. The quantitative estimate of drug-likeness (QED) is 0.833. The maximum Gasteiger partial charge on any atom is 0.339 e. The van der Waals surface area contributed by atoms with Crippen molar-refractivity contribution in [3.05, 3.63) is 16.5 Å². The van der Waals surface area contributed by atoms with Crippen LogP contribution in [0, 0.1) is 6.92 Å². The van der Waals surface area contributed by atoms with E-state index in [1.165, 1.54) is 12.3 Å². The Kier molecular flexibility index (Phi) is 3.66. The lowest BCUT2D eigenvalue weighted by Crippen LogP contribution is -2.24. The third-order valence-electron chi connectivity index (χ3n) is 1.87. The number of primary sulfonamides is 1. The standard InChI is InChI=1S/C10H15NO4S2/c1-6-7(8(12)15-10(2,3)4)5-16-9(6)17(11,13)14/h5H,1-4H3,(H2,11,13,14). The molecule has 1 aromatic rings. The summed E-state index contributed by atoms with van der Waals surface area (Å²) in [4.78, 5) is 11.8. The lowest BCUT2D eigenvalue weighted by molar-refractivity contribution is 0.00692. The minimum atomic E-state index is -3.78. The van der Waals surface area contributed by atoms with Crippen molar-refractivity contribution in [3.63, 3.8) is 0 Å². The summed E-state index contributed by atoms with van der Waals surface area (Å²) in [6, 6.07) is 0. The lowest BCUT2D eigenvalue weighted by atomic mass is 10.2. The highest BCUT2D eigenvalue weighted by Gasteiger charge is 2.24. The predicted molar refractivity (Wildman–Crippen MR) is 65.6 cm³/mol. The van der Waals surface area contributed by atoms with E-state index < -0.39 is 21.6 Å². The average Bonchev–Trinajstić information content (AvgIpc) is 2.42. The molecule has 0 fully saturated rings. The van der Waals surface area contributed by atoms with Gasteiger partial charge in [0.25, 0.3) is 0 Å². The summed E-state index contributed by atoms with van der Waals surface area (Å²) in [5.74, 6) is -0.541. The molecule has 0 aliphatic rings. The zero-order valence-corrected chi connectivity index (χ0v) is 11.7. The van der Waals surface area contributed by atoms with E-state index in [4.69, 9.17) is 9.88 Å². The molecule has 0 atom stereocenters. The molecule has 1 heterocycles. The average molecular weight is 277 g/mol. The minimum Gasteiger partial charge on any atom is -0.456 e. The fraction of sp³-hybridized carbons (Fsp3) is 0.500. The topological polar surface area (TPSA) is 86.5 Å². The summed E-state index contributed by atoms with van der Waals surface area (Å²) < 4.78 is 27.6. The number of nitrogens with two attached hydrogens (primary N) is 1. The molecule has 0 unspecified atom stereocenters. The van der Waals surface area contributed by atoms with Gasteiger partial charge in [-0.05, 0) is 33.3 Å². The molecular weight excluding hydrogens is 262 g/mol. The predicted octanol–water partition coefficient (Wildman–Crippen LogP) is 1.66. The van der Waals surface area contributed by atoms with E-state index in [0.717, 1.165) is 11.3 Å². The second-order valence-corrected chi connectivity index (χ2v) is 7.25. The summed E-state index contributed by atoms with van der Waals surface area (Å²) >= 11 is 0.924. The van der Waals surface area contributed by atoms with Gasteiger partial charge in [-0.2, -0.15) is 0 Å². The molecule has 0 spiro atoms. The molecular formula is C10H15NO4S2. The summed E-state index contributed by atoms with van der Waals surface area (Å²) in [6.45, 7) is 6.77. The lowest BCUT2D eigenvalue weighted by Gasteiger charge is -2.19. The molecule has 17 heavy (non-hydrogen) atoms. The molecule has 96 valence electrons. The summed E-state index contributed by atoms with van der Waals surface area (Å²) in [7, 11) is -3.78. The highest BCUT2D eigenvalue weighted by molar-refractivity contribution is 7.91. The molecule has 0 radical (unpaired) electrons. The van der Waals surface area contributed by atoms with Crippen LogP contribution in [0.25, 0.3) is 0 Å². The molecule has 1 rings (SSSR count). The molecule has 5 nitrogen and oxygen atoms in total. The van der Waals surface area contributed by atoms with Gasteiger partial charge < -0.3 is 4.74 Å². The Labute approximate surface area is 105 Å². The number of esters is 1. The van der Waals surface area contributed by atoms with Crippen LogP contribution in [0.4, 0.5) is 0 Å². The van der Waals surface area contributed by atoms with Crippen molar-refractivity contribution < 1.29 is 17.9 Å². The van der Waals surface area contributed by atoms with Crippen LogP contribution in [0.1, 0.15) is 36.7 Å². The molecule has 0 saturated heterocycles. The van der Waals surface area contributed by atoms with Crippen molar-refractivity contribution in [1.29, 1.82) is 0 Å². The molecule has 2 N–H and O–H groups in total. The van der Waals surface area contributed by atoms with Crippen molar-refractivity contribution in [2.45, 2.75) is 37.5 Å². The van der Waals surface area contributed by atoms with Crippen molar-refractivity contribution in [1.82, 2.24) is 0 Å². The fourth-order valence-corrected chi connectivity index (χ4v) is 3.22. The van der Waals surface area contributed by atoms with E-state index in [2.05, 4.69) is 0 Å². The number of sulfonamides is 1. The Morgan fingerprint density at radius 1 is 1.41 bits per heavy atom. The van der Waals surface area contributed by atoms with Gasteiger partial charge in [-0.1, -0.05) is 0 Å². The first-order valence-corrected chi connectivity index (χ1v) is 7.29. The second kappa shape index (κ2) is 4.40. The van der Waals surface area contributed by atoms with Crippen LogP contribution in [-0.2, 0) is 14.8 Å². The van der Waals surface area contributed by atoms with Crippen molar-refractivity contribution in [3.8, 4) is 0 Å². The van der Waals surface area contributed by atoms with Crippen LogP contribution >= 0.6 is 11.3 Å². The minimum absolute atomic E-state index is 0.00152. The summed E-state index contributed by atoms with van der Waals surface area (Å²) in [5.41, 5.74) is -0.0339. The number of carbonyl (C=O) groups is 1. The smallest absolute Gasteiger partial charge is 0.339 e. The van der Waals surface area contributed by atoms with E-state index in [0.29, 0.717) is 5.56 Å². The van der Waals surface area contributed by atoms with Gasteiger partial charge in [-0.3, -0.25) is 0 Å². The Morgan fingerprint density at radius 2 is 1.94 bits per heavy atom. The van der Waals surface area contributed by atoms with Crippen LogP contribution in [0.2, 0.25) is 0 Å². The molecule has 0 saturated carbocycles. The van der Waals surface area contributed by atoms with E-state index in [1.54, 1.807) is 20.8 Å². The highest BCUT2D eigenvalue weighted by atomic mass is 32.2. The normalized spacial score (nSPS) is 12.5. The number of carbonyl (C=O) groups excluding carboxylic acids is 1. The summed E-state index contributed by atoms with van der Waals surface area (Å²) in [6.07, 6.45) is 0. The van der Waals surface area contributed by atoms with Crippen molar-refractivity contribution >= 4 is 27.3 Å². The van der Waals surface area contributed by atoms with Crippen LogP contribution in [0.3, 0.4) is 0 Å². The number of thiophene rings is 1. The third kappa shape index (κ3) is 3.52. The third-order valence-corrected chi connectivity index (χ3v) is 4.55. The van der Waals surface area contributed by atoms with Crippen LogP contribution < -0.4 is 5.14 Å². The monoisotopic (exact) mass is 277 g/mol. The SMILES string of the molecule is Cc1c(C(=O)OC(C)(C)C)csc1S(N)(=O)=O. The van der Waals surface area contributed by atoms with Crippen molar-refractivity contribution in [2.24, 2.45) is 5.14 Å². The highest BCUT2D eigenvalue weighted by Crippen LogP contribution is 2.27. The van der Waals surface area contributed by atoms with E-state index in [1.807, 2.05) is 0 Å². The number of hydrogen-bond acceptors (Lipinski definition) is 5. The van der Waals surface area contributed by atoms with Crippen LogP contribution in [0.5, 0.6) is 0 Å².